The molecule has 0 unspecified atom stereocenters. The molecular formula is C9H19NO3. The van der Waals surface area contributed by atoms with Crippen LogP contribution < -0.4 is 5.48 Å². The van der Waals surface area contributed by atoms with Gasteiger partial charge in [0, 0.05) is 0 Å². The van der Waals surface area contributed by atoms with Gasteiger partial charge in [-0.2, -0.15) is 5.48 Å². The van der Waals surface area contributed by atoms with Crippen LogP contribution in [0.2, 0.25) is 0 Å². The average Bonchev–Trinajstić information content (AvgIpc) is 1.96. The molecule has 0 spiro atoms. The van der Waals surface area contributed by atoms with E-state index in [0.717, 1.165) is 6.42 Å². The quantitative estimate of drug-likeness (QED) is 0.519. The Morgan fingerprint density at radius 3 is 2.38 bits per heavy atom. The molecule has 0 aliphatic rings. The average molecular weight is 189 g/mol. The minimum Gasteiger partial charge on any atom is -0.459 e. The summed E-state index contributed by atoms with van der Waals surface area (Å²) in [4.78, 5) is 11.3. The Hall–Kier alpha value is -0.610. The lowest BCUT2D eigenvalue weighted by Gasteiger charge is -2.22. The van der Waals surface area contributed by atoms with Gasteiger partial charge in [0.25, 0.3) is 0 Å². The second-order valence-corrected chi connectivity index (χ2v) is 4.00. The summed E-state index contributed by atoms with van der Waals surface area (Å²) in [6.45, 7) is 7.33. The van der Waals surface area contributed by atoms with Crippen molar-refractivity contribution in [3.8, 4) is 0 Å². The molecular weight excluding hydrogens is 170 g/mol. The second kappa shape index (κ2) is 5.19. The first-order valence-electron chi connectivity index (χ1n) is 4.53. The molecule has 0 aromatic rings. The molecule has 1 atom stereocenters. The molecule has 0 radical (unpaired) electrons. The van der Waals surface area contributed by atoms with E-state index in [0.29, 0.717) is 6.42 Å². The fourth-order valence-electron chi connectivity index (χ4n) is 0.897. The van der Waals surface area contributed by atoms with Gasteiger partial charge >= 0.3 is 5.97 Å². The van der Waals surface area contributed by atoms with E-state index >= 15 is 0 Å². The van der Waals surface area contributed by atoms with Gasteiger partial charge in [0.1, 0.15) is 11.6 Å². The third-order valence-corrected chi connectivity index (χ3v) is 1.42. The van der Waals surface area contributed by atoms with Gasteiger partial charge in [-0.05, 0) is 27.2 Å². The van der Waals surface area contributed by atoms with Gasteiger partial charge < -0.3 is 9.94 Å². The Balaban J connectivity index is 4.06. The molecule has 0 aromatic carbocycles. The zero-order valence-electron chi connectivity index (χ0n) is 8.76. The van der Waals surface area contributed by atoms with Crippen molar-refractivity contribution >= 4 is 5.97 Å². The molecule has 0 bridgehead atoms. The predicted octanol–water partition coefficient (Wildman–Crippen LogP) is 1.48. The Kier molecular flexibility index (Phi) is 4.95. The van der Waals surface area contributed by atoms with Crippen LogP contribution >= 0.6 is 0 Å². The van der Waals surface area contributed by atoms with E-state index in [9.17, 15) is 4.79 Å². The van der Waals surface area contributed by atoms with Crippen molar-refractivity contribution < 1.29 is 14.7 Å². The molecule has 0 heterocycles. The van der Waals surface area contributed by atoms with Crippen LogP contribution in [0.1, 0.15) is 40.5 Å². The monoisotopic (exact) mass is 189 g/mol. The van der Waals surface area contributed by atoms with Crippen molar-refractivity contribution in [2.45, 2.75) is 52.2 Å². The number of ether oxygens (including phenoxy) is 1. The molecule has 0 fully saturated rings. The van der Waals surface area contributed by atoms with Gasteiger partial charge in [-0.1, -0.05) is 13.3 Å². The first-order valence-corrected chi connectivity index (χ1v) is 4.53. The van der Waals surface area contributed by atoms with E-state index < -0.39 is 17.6 Å². The number of esters is 1. The fraction of sp³-hybridized carbons (Fsp3) is 0.889. The maximum Gasteiger partial charge on any atom is 0.325 e. The third-order valence-electron chi connectivity index (χ3n) is 1.42. The van der Waals surface area contributed by atoms with Gasteiger partial charge in [0.2, 0.25) is 0 Å². The standard InChI is InChI=1S/C9H19NO3/c1-5-6-7(10-12)8(11)13-9(2,3)4/h7,10,12H,5-6H2,1-4H3/t7-/m0/s1. The lowest BCUT2D eigenvalue weighted by molar-refractivity contribution is -0.160. The highest BCUT2D eigenvalue weighted by Gasteiger charge is 2.23. The number of carbonyl (C=O) groups excluding carboxylic acids is 1. The maximum absolute atomic E-state index is 11.3. The molecule has 2 N–H and O–H groups in total. The van der Waals surface area contributed by atoms with E-state index in [1.54, 1.807) is 20.8 Å². The molecule has 13 heavy (non-hydrogen) atoms. The smallest absolute Gasteiger partial charge is 0.325 e. The molecule has 4 heteroatoms. The first-order chi connectivity index (χ1) is 5.90. The van der Waals surface area contributed by atoms with Crippen molar-refractivity contribution in [1.29, 1.82) is 0 Å². The van der Waals surface area contributed by atoms with Crippen LogP contribution in [-0.2, 0) is 9.53 Å². The summed E-state index contributed by atoms with van der Waals surface area (Å²) in [5, 5.41) is 8.67. The molecule has 0 saturated carbocycles. The van der Waals surface area contributed by atoms with Gasteiger partial charge in [0.15, 0.2) is 0 Å². The molecule has 0 aromatic heterocycles. The Bertz CT molecular complexity index is 163. The van der Waals surface area contributed by atoms with Crippen molar-refractivity contribution in [2.24, 2.45) is 0 Å². The maximum atomic E-state index is 11.3. The Labute approximate surface area is 79.2 Å². The SMILES string of the molecule is CCC[C@H](NO)C(=O)OC(C)(C)C. The summed E-state index contributed by atoms with van der Waals surface area (Å²) >= 11 is 0. The van der Waals surface area contributed by atoms with E-state index in [1.807, 2.05) is 12.4 Å². The summed E-state index contributed by atoms with van der Waals surface area (Å²) < 4.78 is 5.08. The van der Waals surface area contributed by atoms with Crippen LogP contribution in [-0.4, -0.2) is 22.8 Å². The van der Waals surface area contributed by atoms with Crippen molar-refractivity contribution in [3.63, 3.8) is 0 Å². The molecule has 0 amide bonds. The van der Waals surface area contributed by atoms with Crippen LogP contribution in [0.4, 0.5) is 0 Å². The fourth-order valence-corrected chi connectivity index (χ4v) is 0.897. The van der Waals surface area contributed by atoms with E-state index in [2.05, 4.69) is 0 Å². The number of rotatable bonds is 4. The van der Waals surface area contributed by atoms with Crippen LogP contribution in [0.25, 0.3) is 0 Å². The molecule has 0 rings (SSSR count). The highest BCUT2D eigenvalue weighted by Crippen LogP contribution is 2.10. The van der Waals surface area contributed by atoms with Crippen LogP contribution in [0.5, 0.6) is 0 Å². The molecule has 0 saturated heterocycles. The highest BCUT2D eigenvalue weighted by molar-refractivity contribution is 5.75. The number of nitrogens with one attached hydrogen (secondary N) is 1. The Morgan fingerprint density at radius 1 is 1.54 bits per heavy atom. The number of hydrogen-bond donors (Lipinski definition) is 2. The lowest BCUT2D eigenvalue weighted by Crippen LogP contribution is -2.39. The molecule has 78 valence electrons. The summed E-state index contributed by atoms with van der Waals surface area (Å²) in [6, 6.07) is -0.607. The zero-order valence-corrected chi connectivity index (χ0v) is 8.76. The number of hydrogen-bond acceptors (Lipinski definition) is 4. The summed E-state index contributed by atoms with van der Waals surface area (Å²) in [5.74, 6) is -0.406. The molecule has 0 aliphatic heterocycles. The first kappa shape index (κ1) is 12.4. The van der Waals surface area contributed by atoms with Gasteiger partial charge in [-0.15, -0.1) is 0 Å². The minimum atomic E-state index is -0.607. The topological polar surface area (TPSA) is 58.6 Å². The summed E-state index contributed by atoms with van der Waals surface area (Å²) in [6.07, 6.45) is 1.39. The van der Waals surface area contributed by atoms with Crippen molar-refractivity contribution in [1.82, 2.24) is 5.48 Å². The molecule has 4 nitrogen and oxygen atoms in total. The predicted molar refractivity (Wildman–Crippen MR) is 49.5 cm³/mol. The van der Waals surface area contributed by atoms with E-state index in [4.69, 9.17) is 9.94 Å². The van der Waals surface area contributed by atoms with Crippen molar-refractivity contribution in [3.05, 3.63) is 0 Å². The van der Waals surface area contributed by atoms with Crippen LogP contribution in [0.15, 0.2) is 0 Å². The number of carbonyl (C=O) groups is 1. The molecule has 0 aliphatic carbocycles. The van der Waals surface area contributed by atoms with Gasteiger partial charge in [-0.25, -0.2) is 0 Å². The Morgan fingerprint density at radius 2 is 2.08 bits per heavy atom. The van der Waals surface area contributed by atoms with Crippen LogP contribution in [0.3, 0.4) is 0 Å². The van der Waals surface area contributed by atoms with Crippen molar-refractivity contribution in [2.75, 3.05) is 0 Å². The van der Waals surface area contributed by atoms with E-state index in [-0.39, 0.29) is 0 Å². The highest BCUT2D eigenvalue weighted by atomic mass is 16.6. The van der Waals surface area contributed by atoms with E-state index in [1.165, 1.54) is 0 Å². The minimum absolute atomic E-state index is 0.406. The van der Waals surface area contributed by atoms with Gasteiger partial charge in [0.05, 0.1) is 0 Å². The summed E-state index contributed by atoms with van der Waals surface area (Å²) in [7, 11) is 0. The number of hydroxylamine groups is 1. The summed E-state index contributed by atoms with van der Waals surface area (Å²) in [5.41, 5.74) is 1.45. The largest absolute Gasteiger partial charge is 0.459 e. The normalized spacial score (nSPS) is 13.9. The van der Waals surface area contributed by atoms with Crippen LogP contribution in [0, 0.1) is 0 Å². The third kappa shape index (κ3) is 5.60. The zero-order chi connectivity index (χ0) is 10.5. The lowest BCUT2D eigenvalue weighted by atomic mass is 10.1. The van der Waals surface area contributed by atoms with Gasteiger partial charge in [-0.3, -0.25) is 4.79 Å². The second-order valence-electron chi connectivity index (χ2n) is 4.00.